The summed E-state index contributed by atoms with van der Waals surface area (Å²) in [6, 6.07) is 11.6. The molecular formula is C25H24N2O2. The van der Waals surface area contributed by atoms with E-state index in [2.05, 4.69) is 4.90 Å². The molecule has 3 aromatic carbocycles. The second-order valence-electron chi connectivity index (χ2n) is 7.17. The zero-order valence-electron chi connectivity index (χ0n) is 21.0. The van der Waals surface area contributed by atoms with Crippen molar-refractivity contribution in [3.8, 4) is 0 Å². The number of carbonyl (C=O) groups is 1. The Morgan fingerprint density at radius 1 is 0.931 bits per heavy atom. The highest BCUT2D eigenvalue weighted by molar-refractivity contribution is 6.21. The van der Waals surface area contributed by atoms with Crippen molar-refractivity contribution >= 4 is 27.5 Å². The molecule has 1 aliphatic rings. The fraction of sp³-hybridized carbons (Fsp3) is 0.240. The lowest BCUT2D eigenvalue weighted by Crippen LogP contribution is -2.38. The Hall–Kier alpha value is -2.95. The van der Waals surface area contributed by atoms with E-state index in [0.717, 1.165) is 23.9 Å². The molecule has 4 nitrogen and oxygen atoms in total. The lowest BCUT2D eigenvalue weighted by atomic mass is 9.97. The van der Waals surface area contributed by atoms with Gasteiger partial charge in [-0.2, -0.15) is 0 Å². The summed E-state index contributed by atoms with van der Waals surface area (Å²) < 4.78 is 49.3. The molecule has 1 saturated heterocycles. The number of aromatic nitrogens is 1. The van der Waals surface area contributed by atoms with Crippen LogP contribution in [0.2, 0.25) is 0 Å². The van der Waals surface area contributed by atoms with Crippen LogP contribution in [0.1, 0.15) is 22.8 Å². The molecule has 0 saturated carbocycles. The van der Waals surface area contributed by atoms with E-state index in [0.29, 0.717) is 31.9 Å². The normalized spacial score (nSPS) is 17.6. The predicted molar refractivity (Wildman–Crippen MR) is 117 cm³/mol. The van der Waals surface area contributed by atoms with Gasteiger partial charge in [0, 0.05) is 54.4 Å². The van der Waals surface area contributed by atoms with E-state index in [4.69, 9.17) is 11.6 Å². The first-order valence-corrected chi connectivity index (χ1v) is 9.81. The molecule has 0 unspecified atom stereocenters. The van der Waals surface area contributed by atoms with E-state index in [1.54, 1.807) is 16.7 Å². The molecule has 0 bridgehead atoms. The number of carbonyl (C=O) groups excluding carboxylic acids is 1. The number of nitrogens with zero attached hydrogens (tertiary/aromatic N) is 2. The molecule has 0 spiro atoms. The van der Waals surface area contributed by atoms with Gasteiger partial charge in [-0.05, 0) is 16.8 Å². The van der Waals surface area contributed by atoms with Gasteiger partial charge in [0.2, 0.25) is 0 Å². The number of ketones is 1. The van der Waals surface area contributed by atoms with Crippen LogP contribution < -0.4 is 0 Å². The third-order valence-corrected chi connectivity index (χ3v) is 5.44. The SMILES string of the molecule is [2H]c1c([2H])c([2H])c2c(c1[2H])c(C(=O)c1cccc3ccccc13)c([2H])n2CCN1CCOCC1. The Balaban J connectivity index is 1.71. The number of hydrogen-bond acceptors (Lipinski definition) is 3. The van der Waals surface area contributed by atoms with Crippen molar-refractivity contribution in [1.29, 1.82) is 0 Å². The lowest BCUT2D eigenvalue weighted by molar-refractivity contribution is 0.0365. The quantitative estimate of drug-likeness (QED) is 0.476. The fourth-order valence-electron chi connectivity index (χ4n) is 3.89. The minimum Gasteiger partial charge on any atom is -0.379 e. The van der Waals surface area contributed by atoms with Crippen molar-refractivity contribution in [1.82, 2.24) is 9.47 Å². The topological polar surface area (TPSA) is 34.5 Å². The predicted octanol–water partition coefficient (Wildman–Crippen LogP) is 4.36. The van der Waals surface area contributed by atoms with Gasteiger partial charge >= 0.3 is 0 Å². The average molecular weight is 390 g/mol. The largest absolute Gasteiger partial charge is 0.379 e. The summed E-state index contributed by atoms with van der Waals surface area (Å²) in [5.74, 6) is -0.415. The highest BCUT2D eigenvalue weighted by Gasteiger charge is 2.19. The second-order valence-corrected chi connectivity index (χ2v) is 7.17. The van der Waals surface area contributed by atoms with Crippen molar-refractivity contribution < 1.29 is 16.4 Å². The molecule has 5 rings (SSSR count). The number of morpholine rings is 1. The molecule has 1 aromatic heterocycles. The van der Waals surface area contributed by atoms with E-state index < -0.39 is 11.8 Å². The summed E-state index contributed by atoms with van der Waals surface area (Å²) in [5.41, 5.74) is 0.624. The second kappa shape index (κ2) is 7.82. The van der Waals surface area contributed by atoms with Gasteiger partial charge in [-0.3, -0.25) is 9.69 Å². The molecule has 2 heterocycles. The highest BCUT2D eigenvalue weighted by Crippen LogP contribution is 2.27. The number of para-hydroxylation sites is 1. The molecule has 4 heteroatoms. The number of rotatable bonds is 5. The molecule has 1 aliphatic heterocycles. The van der Waals surface area contributed by atoms with Gasteiger partial charge in [-0.15, -0.1) is 0 Å². The van der Waals surface area contributed by atoms with E-state index >= 15 is 0 Å². The Labute approximate surface area is 177 Å². The zero-order valence-corrected chi connectivity index (χ0v) is 16.0. The van der Waals surface area contributed by atoms with E-state index in [1.165, 1.54) is 0 Å². The smallest absolute Gasteiger partial charge is 0.195 e. The van der Waals surface area contributed by atoms with Crippen molar-refractivity contribution in [2.45, 2.75) is 6.54 Å². The van der Waals surface area contributed by atoms with Crippen LogP contribution in [0.25, 0.3) is 21.7 Å². The Morgan fingerprint density at radius 3 is 2.62 bits per heavy atom. The van der Waals surface area contributed by atoms with Gasteiger partial charge < -0.3 is 9.30 Å². The van der Waals surface area contributed by atoms with E-state index in [-0.39, 0.29) is 40.8 Å². The first-order chi connectivity index (χ1) is 16.4. The minimum absolute atomic E-state index is 0.0142. The molecular weight excluding hydrogens is 360 g/mol. The Kier molecular flexibility index (Phi) is 3.59. The van der Waals surface area contributed by atoms with Crippen LogP contribution in [0.3, 0.4) is 0 Å². The maximum absolute atomic E-state index is 13.9. The summed E-state index contributed by atoms with van der Waals surface area (Å²) in [5, 5.41) is 1.73. The van der Waals surface area contributed by atoms with Gasteiger partial charge in [0.1, 0.15) is 0 Å². The van der Waals surface area contributed by atoms with Crippen LogP contribution in [-0.4, -0.2) is 48.1 Å². The maximum atomic E-state index is 13.9. The molecule has 29 heavy (non-hydrogen) atoms. The molecule has 0 amide bonds. The van der Waals surface area contributed by atoms with Crippen molar-refractivity contribution in [2.24, 2.45) is 0 Å². The van der Waals surface area contributed by atoms with Crippen LogP contribution in [0.4, 0.5) is 0 Å². The first-order valence-electron chi connectivity index (χ1n) is 12.3. The van der Waals surface area contributed by atoms with Crippen LogP contribution in [-0.2, 0) is 11.3 Å². The third-order valence-electron chi connectivity index (χ3n) is 5.44. The van der Waals surface area contributed by atoms with Gasteiger partial charge in [-0.1, -0.05) is 60.6 Å². The van der Waals surface area contributed by atoms with E-state index in [1.807, 2.05) is 30.3 Å². The van der Waals surface area contributed by atoms with Crippen LogP contribution in [0, 0.1) is 0 Å². The highest BCUT2D eigenvalue weighted by atomic mass is 16.5. The number of fused-ring (bicyclic) bond motifs is 2. The molecule has 1 fully saturated rings. The number of ether oxygens (including phenoxy) is 1. The molecule has 0 N–H and O–H groups in total. The van der Waals surface area contributed by atoms with Crippen LogP contribution >= 0.6 is 0 Å². The minimum atomic E-state index is -0.415. The summed E-state index contributed by atoms with van der Waals surface area (Å²) in [6.07, 6.45) is -0.0896. The molecule has 0 atom stereocenters. The van der Waals surface area contributed by atoms with Crippen LogP contribution in [0.5, 0.6) is 0 Å². The number of benzene rings is 3. The summed E-state index contributed by atoms with van der Waals surface area (Å²) in [4.78, 5) is 16.0. The lowest BCUT2D eigenvalue weighted by Gasteiger charge is -2.26. The fourth-order valence-corrected chi connectivity index (χ4v) is 3.89. The Bertz CT molecular complexity index is 1420. The van der Waals surface area contributed by atoms with Gasteiger partial charge in [-0.25, -0.2) is 0 Å². The zero-order chi connectivity index (χ0) is 24.0. The van der Waals surface area contributed by atoms with Crippen molar-refractivity contribution in [2.75, 3.05) is 32.8 Å². The van der Waals surface area contributed by atoms with Crippen LogP contribution in [0.15, 0.2) is 72.8 Å². The average Bonchev–Trinajstić information content (AvgIpc) is 3.16. The summed E-state index contributed by atoms with van der Waals surface area (Å²) in [7, 11) is 0. The summed E-state index contributed by atoms with van der Waals surface area (Å²) >= 11 is 0. The first kappa shape index (κ1) is 13.3. The van der Waals surface area contributed by atoms with Crippen molar-refractivity contribution in [3.05, 3.63) is 83.9 Å². The number of hydrogen-bond donors (Lipinski definition) is 0. The molecule has 4 aromatic rings. The van der Waals surface area contributed by atoms with E-state index in [9.17, 15) is 4.79 Å². The maximum Gasteiger partial charge on any atom is 0.195 e. The van der Waals surface area contributed by atoms with Gasteiger partial charge in [0.15, 0.2) is 5.78 Å². The Morgan fingerprint density at radius 2 is 1.72 bits per heavy atom. The monoisotopic (exact) mass is 389 g/mol. The molecule has 146 valence electrons. The van der Waals surface area contributed by atoms with Crippen molar-refractivity contribution in [3.63, 3.8) is 0 Å². The summed E-state index contributed by atoms with van der Waals surface area (Å²) in [6.45, 7) is 3.69. The van der Waals surface area contributed by atoms with Gasteiger partial charge in [0.25, 0.3) is 0 Å². The third kappa shape index (κ3) is 3.46. The van der Waals surface area contributed by atoms with Gasteiger partial charge in [0.05, 0.1) is 20.1 Å². The standard InChI is InChI=1S/C25H24N2O2/c28-25(22-10-5-7-19-6-1-2-8-20(19)22)23-18-27(24-11-4-3-9-21(23)24)13-12-26-14-16-29-17-15-26/h1-11,18H,12-17H2/i3D,4D,9D,11D,18D. The molecule has 0 radical (unpaired) electrons. The molecule has 0 aliphatic carbocycles.